The molecular formula is C10H14N2S. The van der Waals surface area contributed by atoms with E-state index < -0.39 is 0 Å². The van der Waals surface area contributed by atoms with Crippen LogP contribution in [-0.2, 0) is 6.54 Å². The Morgan fingerprint density at radius 2 is 2.31 bits per heavy atom. The number of nitrogens with zero attached hydrogens (tertiary/aromatic N) is 1. The zero-order valence-electron chi connectivity index (χ0n) is 8.22. The van der Waals surface area contributed by atoms with E-state index in [1.165, 1.54) is 4.88 Å². The molecule has 1 aromatic heterocycles. The largest absolute Gasteiger partial charge is 0.299 e. The topological polar surface area (TPSA) is 24.9 Å². The van der Waals surface area contributed by atoms with Gasteiger partial charge < -0.3 is 0 Å². The van der Waals surface area contributed by atoms with E-state index in [1.54, 1.807) is 11.3 Å². The van der Waals surface area contributed by atoms with Crippen LogP contribution in [0.25, 0.3) is 0 Å². The van der Waals surface area contributed by atoms with Crippen molar-refractivity contribution in [3.05, 3.63) is 15.6 Å². The van der Waals surface area contributed by atoms with Crippen molar-refractivity contribution in [2.24, 2.45) is 0 Å². The van der Waals surface area contributed by atoms with Crippen molar-refractivity contribution in [2.45, 2.75) is 33.4 Å². The van der Waals surface area contributed by atoms with E-state index in [9.17, 15) is 0 Å². The molecule has 0 saturated heterocycles. The lowest BCUT2D eigenvalue weighted by atomic mass is 10.3. The molecule has 0 aromatic carbocycles. The van der Waals surface area contributed by atoms with Crippen molar-refractivity contribution in [2.75, 3.05) is 0 Å². The van der Waals surface area contributed by atoms with E-state index >= 15 is 0 Å². The van der Waals surface area contributed by atoms with Crippen LogP contribution >= 0.6 is 11.3 Å². The molecule has 1 N–H and O–H groups in total. The van der Waals surface area contributed by atoms with Gasteiger partial charge in [-0.3, -0.25) is 5.32 Å². The summed E-state index contributed by atoms with van der Waals surface area (Å²) in [6, 6.07) is 0.127. The lowest BCUT2D eigenvalue weighted by Gasteiger charge is -2.05. The second kappa shape index (κ2) is 4.40. The van der Waals surface area contributed by atoms with E-state index in [1.807, 2.05) is 20.8 Å². The number of terminal acetylenes is 1. The number of aryl methyl sites for hydroxylation is 2. The van der Waals surface area contributed by atoms with E-state index in [2.05, 4.69) is 16.2 Å². The molecule has 1 heterocycles. The second-order valence-electron chi connectivity index (χ2n) is 3.01. The zero-order chi connectivity index (χ0) is 9.84. The van der Waals surface area contributed by atoms with Gasteiger partial charge in [0, 0.05) is 11.4 Å². The van der Waals surface area contributed by atoms with Gasteiger partial charge in [0.1, 0.15) is 0 Å². The van der Waals surface area contributed by atoms with Gasteiger partial charge in [-0.2, -0.15) is 0 Å². The van der Waals surface area contributed by atoms with Crippen molar-refractivity contribution >= 4 is 11.3 Å². The third kappa shape index (κ3) is 2.83. The first kappa shape index (κ1) is 10.2. The van der Waals surface area contributed by atoms with E-state index in [0.29, 0.717) is 0 Å². The molecule has 0 bridgehead atoms. The minimum Gasteiger partial charge on any atom is -0.299 e. The summed E-state index contributed by atoms with van der Waals surface area (Å²) in [6.45, 7) is 6.85. The predicted molar refractivity (Wildman–Crippen MR) is 56.7 cm³/mol. The maximum absolute atomic E-state index is 5.25. The second-order valence-corrected chi connectivity index (χ2v) is 4.30. The Labute approximate surface area is 83.4 Å². The molecule has 0 saturated carbocycles. The van der Waals surface area contributed by atoms with Crippen molar-refractivity contribution in [3.63, 3.8) is 0 Å². The first-order chi connectivity index (χ1) is 6.13. The molecule has 70 valence electrons. The van der Waals surface area contributed by atoms with Gasteiger partial charge in [-0.05, 0) is 20.8 Å². The summed E-state index contributed by atoms with van der Waals surface area (Å²) in [7, 11) is 0. The number of nitrogens with one attached hydrogen (secondary N) is 1. The van der Waals surface area contributed by atoms with Crippen LogP contribution in [-0.4, -0.2) is 11.0 Å². The molecule has 1 aromatic rings. The quantitative estimate of drug-likeness (QED) is 0.743. The van der Waals surface area contributed by atoms with Gasteiger partial charge in [0.25, 0.3) is 0 Å². The monoisotopic (exact) mass is 194 g/mol. The summed E-state index contributed by atoms with van der Waals surface area (Å²) < 4.78 is 0. The van der Waals surface area contributed by atoms with Gasteiger partial charge in [-0.25, -0.2) is 4.98 Å². The van der Waals surface area contributed by atoms with E-state index in [-0.39, 0.29) is 6.04 Å². The highest BCUT2D eigenvalue weighted by atomic mass is 32.1. The molecule has 13 heavy (non-hydrogen) atoms. The van der Waals surface area contributed by atoms with Gasteiger partial charge >= 0.3 is 0 Å². The highest BCUT2D eigenvalue weighted by Gasteiger charge is 2.04. The Bertz CT molecular complexity index is 322. The fraction of sp³-hybridized carbons (Fsp3) is 0.500. The van der Waals surface area contributed by atoms with Crippen molar-refractivity contribution in [1.82, 2.24) is 10.3 Å². The van der Waals surface area contributed by atoms with Crippen LogP contribution in [0.3, 0.4) is 0 Å². The van der Waals surface area contributed by atoms with Crippen LogP contribution in [0.15, 0.2) is 0 Å². The molecule has 0 spiro atoms. The Morgan fingerprint density at radius 1 is 1.62 bits per heavy atom. The molecule has 0 aliphatic carbocycles. The highest BCUT2D eigenvalue weighted by molar-refractivity contribution is 7.11. The van der Waals surface area contributed by atoms with Gasteiger partial charge in [-0.1, -0.05) is 5.92 Å². The fourth-order valence-corrected chi connectivity index (χ4v) is 1.93. The SMILES string of the molecule is C#CC(C)NCc1sc(C)nc1C. The van der Waals surface area contributed by atoms with Gasteiger partial charge in [0.05, 0.1) is 16.7 Å². The lowest BCUT2D eigenvalue weighted by molar-refractivity contribution is 0.651. The van der Waals surface area contributed by atoms with Crippen LogP contribution in [0.5, 0.6) is 0 Å². The van der Waals surface area contributed by atoms with E-state index in [4.69, 9.17) is 6.42 Å². The Morgan fingerprint density at radius 3 is 2.77 bits per heavy atom. The van der Waals surface area contributed by atoms with Crippen LogP contribution in [0.2, 0.25) is 0 Å². The molecule has 1 rings (SSSR count). The normalized spacial score (nSPS) is 12.5. The maximum Gasteiger partial charge on any atom is 0.0900 e. The van der Waals surface area contributed by atoms with Crippen molar-refractivity contribution in [3.8, 4) is 12.3 Å². The molecule has 0 aliphatic rings. The van der Waals surface area contributed by atoms with Gasteiger partial charge in [0.2, 0.25) is 0 Å². The predicted octanol–water partition coefficient (Wildman–Crippen LogP) is 1.87. The molecular weight excluding hydrogens is 180 g/mol. The average Bonchev–Trinajstić information content (AvgIpc) is 2.41. The summed E-state index contributed by atoms with van der Waals surface area (Å²) in [6.07, 6.45) is 5.25. The lowest BCUT2D eigenvalue weighted by Crippen LogP contribution is -2.23. The van der Waals surface area contributed by atoms with Gasteiger partial charge in [0.15, 0.2) is 0 Å². The summed E-state index contributed by atoms with van der Waals surface area (Å²) in [5.74, 6) is 2.63. The van der Waals surface area contributed by atoms with Gasteiger partial charge in [-0.15, -0.1) is 17.8 Å². The summed E-state index contributed by atoms with van der Waals surface area (Å²) in [5.41, 5.74) is 1.11. The molecule has 3 heteroatoms. The minimum atomic E-state index is 0.127. The zero-order valence-corrected chi connectivity index (χ0v) is 9.03. The maximum atomic E-state index is 5.25. The Kier molecular flexibility index (Phi) is 3.47. The third-order valence-corrected chi connectivity index (χ3v) is 2.89. The van der Waals surface area contributed by atoms with Crippen molar-refractivity contribution in [1.29, 1.82) is 0 Å². The molecule has 1 unspecified atom stereocenters. The van der Waals surface area contributed by atoms with Crippen LogP contribution in [0.4, 0.5) is 0 Å². The van der Waals surface area contributed by atoms with Crippen LogP contribution in [0.1, 0.15) is 22.5 Å². The summed E-state index contributed by atoms with van der Waals surface area (Å²) in [5, 5.41) is 4.35. The van der Waals surface area contributed by atoms with Crippen molar-refractivity contribution < 1.29 is 0 Å². The molecule has 0 fully saturated rings. The summed E-state index contributed by atoms with van der Waals surface area (Å²) in [4.78, 5) is 5.62. The van der Waals surface area contributed by atoms with E-state index in [0.717, 1.165) is 17.2 Å². The number of hydrogen-bond donors (Lipinski definition) is 1. The fourth-order valence-electron chi connectivity index (χ4n) is 1.04. The molecule has 0 radical (unpaired) electrons. The number of hydrogen-bond acceptors (Lipinski definition) is 3. The Balaban J connectivity index is 2.55. The molecule has 1 atom stereocenters. The number of aromatic nitrogens is 1. The average molecular weight is 194 g/mol. The third-order valence-electron chi connectivity index (χ3n) is 1.82. The Hall–Kier alpha value is -0.850. The molecule has 0 aliphatic heterocycles. The molecule has 2 nitrogen and oxygen atoms in total. The number of thiazole rings is 1. The minimum absolute atomic E-state index is 0.127. The summed E-state index contributed by atoms with van der Waals surface area (Å²) >= 11 is 1.72. The first-order valence-electron chi connectivity index (χ1n) is 4.26. The van der Waals surface area contributed by atoms with Crippen LogP contribution in [0, 0.1) is 26.2 Å². The van der Waals surface area contributed by atoms with Crippen LogP contribution < -0.4 is 5.32 Å². The smallest absolute Gasteiger partial charge is 0.0900 e. The first-order valence-corrected chi connectivity index (χ1v) is 5.07. The standard InChI is InChI=1S/C10H14N2S/c1-5-7(2)11-6-10-8(3)12-9(4)13-10/h1,7,11H,6H2,2-4H3. The molecule has 0 amide bonds. The highest BCUT2D eigenvalue weighted by Crippen LogP contribution is 2.16. The number of rotatable bonds is 3.